The predicted molar refractivity (Wildman–Crippen MR) is 74.5 cm³/mol. The van der Waals surface area contributed by atoms with Crippen molar-refractivity contribution < 1.29 is 14.6 Å². The zero-order valence-corrected chi connectivity index (χ0v) is 12.0. The van der Waals surface area contributed by atoms with Crippen LogP contribution in [0.3, 0.4) is 0 Å². The van der Waals surface area contributed by atoms with E-state index in [0.29, 0.717) is 25.0 Å². The highest BCUT2D eigenvalue weighted by Gasteiger charge is 2.38. The smallest absolute Gasteiger partial charge is 0.157 e. The summed E-state index contributed by atoms with van der Waals surface area (Å²) in [7, 11) is 0. The van der Waals surface area contributed by atoms with Crippen molar-refractivity contribution >= 4 is 0 Å². The van der Waals surface area contributed by atoms with Gasteiger partial charge in [-0.25, -0.2) is 0 Å². The molecule has 0 saturated carbocycles. The van der Waals surface area contributed by atoms with Gasteiger partial charge in [-0.1, -0.05) is 51.1 Å². The molecule has 0 aromatic heterocycles. The van der Waals surface area contributed by atoms with Crippen molar-refractivity contribution in [1.29, 1.82) is 0 Å². The van der Waals surface area contributed by atoms with E-state index in [2.05, 4.69) is 13.8 Å². The van der Waals surface area contributed by atoms with Crippen LogP contribution in [0.1, 0.15) is 26.3 Å². The minimum absolute atomic E-state index is 0.0232. The second-order valence-corrected chi connectivity index (χ2v) is 5.64. The van der Waals surface area contributed by atoms with Crippen LogP contribution in [0.4, 0.5) is 0 Å². The summed E-state index contributed by atoms with van der Waals surface area (Å²) in [6.45, 7) is 7.50. The Labute approximate surface area is 115 Å². The molecule has 3 unspecified atom stereocenters. The lowest BCUT2D eigenvalue weighted by Crippen LogP contribution is -2.46. The standard InChI is InChI=1S/C16H24O3/c1-11-12(2)15(19-16(17)13(11)3)10-18-9-14-7-5-4-6-8-14/h4-8,11-13,15-17H,9-10H2,1-3H3/t11-,12+,13?,15?,16?/m0/s1. The Bertz CT molecular complexity index is 379. The quantitative estimate of drug-likeness (QED) is 0.909. The molecule has 3 nitrogen and oxygen atoms in total. The fourth-order valence-corrected chi connectivity index (χ4v) is 2.56. The third kappa shape index (κ3) is 3.56. The molecule has 0 spiro atoms. The van der Waals surface area contributed by atoms with Crippen molar-refractivity contribution in [3.8, 4) is 0 Å². The van der Waals surface area contributed by atoms with Crippen molar-refractivity contribution in [2.75, 3.05) is 6.61 Å². The van der Waals surface area contributed by atoms with Gasteiger partial charge in [0, 0.05) is 5.92 Å². The Balaban J connectivity index is 1.82. The average Bonchev–Trinajstić information content (AvgIpc) is 2.43. The Morgan fingerprint density at radius 3 is 2.42 bits per heavy atom. The van der Waals surface area contributed by atoms with Gasteiger partial charge in [0.2, 0.25) is 0 Å². The zero-order valence-electron chi connectivity index (χ0n) is 12.0. The van der Waals surface area contributed by atoms with Gasteiger partial charge in [0.1, 0.15) is 0 Å². The first-order valence-electron chi connectivity index (χ1n) is 7.04. The lowest BCUT2D eigenvalue weighted by Gasteiger charge is -2.41. The Morgan fingerprint density at radius 1 is 1.05 bits per heavy atom. The number of rotatable bonds is 4. The Hall–Kier alpha value is -0.900. The molecule has 0 bridgehead atoms. The first-order valence-corrected chi connectivity index (χ1v) is 7.04. The van der Waals surface area contributed by atoms with Gasteiger partial charge >= 0.3 is 0 Å². The number of hydrogen-bond acceptors (Lipinski definition) is 3. The van der Waals surface area contributed by atoms with E-state index in [9.17, 15) is 5.11 Å². The van der Waals surface area contributed by atoms with Crippen molar-refractivity contribution in [3.05, 3.63) is 35.9 Å². The second kappa shape index (κ2) is 6.51. The summed E-state index contributed by atoms with van der Waals surface area (Å²) in [6.07, 6.45) is -0.693. The lowest BCUT2D eigenvalue weighted by atomic mass is 9.79. The fraction of sp³-hybridized carbons (Fsp3) is 0.625. The predicted octanol–water partition coefficient (Wildman–Crippen LogP) is 2.83. The Morgan fingerprint density at radius 2 is 1.74 bits per heavy atom. The van der Waals surface area contributed by atoms with Crippen LogP contribution in [0.15, 0.2) is 30.3 Å². The molecule has 5 atom stereocenters. The summed E-state index contributed by atoms with van der Waals surface area (Å²) in [5.74, 6) is 1.02. The van der Waals surface area contributed by atoms with E-state index < -0.39 is 6.29 Å². The molecule has 1 aromatic carbocycles. The molecular weight excluding hydrogens is 240 g/mol. The van der Waals surface area contributed by atoms with Crippen LogP contribution in [0.2, 0.25) is 0 Å². The van der Waals surface area contributed by atoms with Crippen LogP contribution in [0, 0.1) is 17.8 Å². The molecule has 1 aliphatic rings. The maximum absolute atomic E-state index is 9.87. The van der Waals surface area contributed by atoms with Gasteiger partial charge in [-0.15, -0.1) is 0 Å². The highest BCUT2D eigenvalue weighted by molar-refractivity contribution is 5.13. The van der Waals surface area contributed by atoms with Crippen LogP contribution in [-0.2, 0) is 16.1 Å². The normalized spacial score (nSPS) is 35.3. The van der Waals surface area contributed by atoms with Crippen molar-refractivity contribution in [1.82, 2.24) is 0 Å². The van der Waals surface area contributed by atoms with E-state index >= 15 is 0 Å². The molecule has 0 radical (unpaired) electrons. The first-order chi connectivity index (χ1) is 9.09. The highest BCUT2D eigenvalue weighted by atomic mass is 16.6. The second-order valence-electron chi connectivity index (χ2n) is 5.64. The molecule has 2 rings (SSSR count). The zero-order chi connectivity index (χ0) is 13.8. The van der Waals surface area contributed by atoms with Crippen LogP contribution < -0.4 is 0 Å². The lowest BCUT2D eigenvalue weighted by molar-refractivity contribution is -0.236. The van der Waals surface area contributed by atoms with E-state index in [1.165, 1.54) is 0 Å². The largest absolute Gasteiger partial charge is 0.374 e. The monoisotopic (exact) mass is 264 g/mol. The van der Waals surface area contributed by atoms with E-state index in [1.54, 1.807) is 0 Å². The van der Waals surface area contributed by atoms with E-state index in [0.717, 1.165) is 5.56 Å². The summed E-state index contributed by atoms with van der Waals surface area (Å²) in [4.78, 5) is 0. The number of aliphatic hydroxyl groups excluding tert-OH is 1. The molecule has 1 heterocycles. The first kappa shape index (κ1) is 14.5. The third-order valence-corrected chi connectivity index (χ3v) is 4.40. The van der Waals surface area contributed by atoms with Crippen LogP contribution in [0.5, 0.6) is 0 Å². The molecule has 1 fully saturated rings. The fourth-order valence-electron chi connectivity index (χ4n) is 2.56. The number of aliphatic hydroxyl groups is 1. The number of hydrogen-bond donors (Lipinski definition) is 1. The van der Waals surface area contributed by atoms with Crippen molar-refractivity contribution in [3.63, 3.8) is 0 Å². The SMILES string of the molecule is CC1C(O)OC(COCc2ccccc2)[C@H](C)[C@@H]1C. The molecule has 3 heteroatoms. The van der Waals surface area contributed by atoms with Crippen LogP contribution in [-0.4, -0.2) is 24.1 Å². The van der Waals surface area contributed by atoms with E-state index in [1.807, 2.05) is 37.3 Å². The van der Waals surface area contributed by atoms with Gasteiger partial charge in [-0.3, -0.25) is 0 Å². The van der Waals surface area contributed by atoms with Crippen molar-refractivity contribution in [2.24, 2.45) is 17.8 Å². The van der Waals surface area contributed by atoms with E-state index in [-0.39, 0.29) is 12.0 Å². The van der Waals surface area contributed by atoms with E-state index in [4.69, 9.17) is 9.47 Å². The molecular formula is C16H24O3. The summed E-state index contributed by atoms with van der Waals surface area (Å²) in [5, 5.41) is 9.87. The molecule has 1 aliphatic heterocycles. The minimum Gasteiger partial charge on any atom is -0.374 e. The average molecular weight is 264 g/mol. The maximum Gasteiger partial charge on any atom is 0.157 e. The molecule has 106 valence electrons. The summed E-state index contributed by atoms with van der Waals surface area (Å²) >= 11 is 0. The molecule has 0 aliphatic carbocycles. The molecule has 19 heavy (non-hydrogen) atoms. The van der Waals surface area contributed by atoms with Crippen LogP contribution >= 0.6 is 0 Å². The third-order valence-electron chi connectivity index (χ3n) is 4.40. The van der Waals surface area contributed by atoms with Gasteiger partial charge in [0.25, 0.3) is 0 Å². The Kier molecular flexibility index (Phi) is 4.97. The number of benzene rings is 1. The van der Waals surface area contributed by atoms with Gasteiger partial charge in [0.15, 0.2) is 6.29 Å². The highest BCUT2D eigenvalue weighted by Crippen LogP contribution is 2.34. The minimum atomic E-state index is -0.670. The van der Waals surface area contributed by atoms with Gasteiger partial charge in [-0.2, -0.15) is 0 Å². The number of ether oxygens (including phenoxy) is 2. The van der Waals surface area contributed by atoms with Gasteiger partial charge in [0.05, 0.1) is 19.3 Å². The van der Waals surface area contributed by atoms with Gasteiger partial charge < -0.3 is 14.6 Å². The van der Waals surface area contributed by atoms with Crippen molar-refractivity contribution in [2.45, 2.75) is 39.8 Å². The molecule has 1 saturated heterocycles. The van der Waals surface area contributed by atoms with Gasteiger partial charge in [-0.05, 0) is 17.4 Å². The topological polar surface area (TPSA) is 38.7 Å². The molecule has 0 amide bonds. The maximum atomic E-state index is 9.87. The summed E-state index contributed by atoms with van der Waals surface area (Å²) in [5.41, 5.74) is 1.16. The molecule has 1 N–H and O–H groups in total. The van der Waals surface area contributed by atoms with Crippen LogP contribution in [0.25, 0.3) is 0 Å². The summed E-state index contributed by atoms with van der Waals surface area (Å²) in [6, 6.07) is 10.1. The summed E-state index contributed by atoms with van der Waals surface area (Å²) < 4.78 is 11.4. The molecule has 1 aromatic rings.